The quantitative estimate of drug-likeness (QED) is 0.0763. The third kappa shape index (κ3) is 14.5. The number of aliphatic imine (C=N–C) groups is 1. The summed E-state index contributed by atoms with van der Waals surface area (Å²) < 4.78 is 20.5. The minimum atomic E-state index is -1.12. The molecule has 5 N–H and O–H groups in total. The molecule has 2 aromatic rings. The highest BCUT2D eigenvalue weighted by Gasteiger charge is 2.41. The predicted octanol–water partition coefficient (Wildman–Crippen LogP) is 3.02. The van der Waals surface area contributed by atoms with Gasteiger partial charge in [-0.3, -0.25) is 24.5 Å². The number of alkyl carbamates (subject to hydrolysis) is 2. The summed E-state index contributed by atoms with van der Waals surface area (Å²) in [6.07, 6.45) is -0.902. The fourth-order valence-electron chi connectivity index (χ4n) is 5.52. The summed E-state index contributed by atoms with van der Waals surface area (Å²) >= 11 is 0. The molecular weight excluding hydrogens is 714 g/mol. The van der Waals surface area contributed by atoms with Crippen LogP contribution in [0.1, 0.15) is 70.3 Å². The van der Waals surface area contributed by atoms with Gasteiger partial charge in [-0.25, -0.2) is 14.6 Å². The van der Waals surface area contributed by atoms with Gasteiger partial charge in [0.1, 0.15) is 35.6 Å². The Morgan fingerprint density at radius 2 is 1.53 bits per heavy atom. The topological polar surface area (TPSA) is 220 Å². The number of nitrogens with one attached hydrogen (secondary N) is 3. The Hall–Kier alpha value is -5.87. The van der Waals surface area contributed by atoms with E-state index in [1.807, 2.05) is 0 Å². The molecule has 0 spiro atoms. The van der Waals surface area contributed by atoms with Gasteiger partial charge in [-0.05, 0) is 96.3 Å². The van der Waals surface area contributed by atoms with Crippen molar-refractivity contribution in [3.63, 3.8) is 0 Å². The maximum Gasteiger partial charge on any atom is 0.413 e. The Bertz CT molecular complexity index is 1700. The molecule has 2 atom stereocenters. The minimum absolute atomic E-state index is 0.0512. The van der Waals surface area contributed by atoms with Gasteiger partial charge in [-0.15, -0.1) is 0 Å². The number of carbonyl (C=O) groups excluding carboxylic acids is 6. The standard InChI is InChI=1S/C38H53N7O10/c1-37(2,3)54-30(46)23-44-20-21-45(29(33(44)49)10-9-19-40-35(50)55-38(4,5)6)32(48)28(22-24-11-17-27(52-7)18-12-24)42-31(47)25-13-15-26(16-14-25)41-34(39)43-36(51)53-8/h11-18,28-29H,9-10,19-23H2,1-8H3,(H,40,50)(H,42,47)(H3,39,41,43,51)/t28?,29-/m0/s1. The number of esters is 1. The summed E-state index contributed by atoms with van der Waals surface area (Å²) in [5, 5.41) is 7.75. The lowest BCUT2D eigenvalue weighted by Gasteiger charge is -2.42. The summed E-state index contributed by atoms with van der Waals surface area (Å²) in [5.41, 5.74) is 5.51. The smallest absolute Gasteiger partial charge is 0.413 e. The summed E-state index contributed by atoms with van der Waals surface area (Å²) in [5.74, 6) is -1.75. The molecule has 1 fully saturated rings. The average molecular weight is 768 g/mol. The molecule has 0 aromatic heterocycles. The van der Waals surface area contributed by atoms with E-state index in [1.165, 1.54) is 48.3 Å². The van der Waals surface area contributed by atoms with Crippen LogP contribution in [0.25, 0.3) is 0 Å². The second kappa shape index (κ2) is 19.5. The number of ether oxygens (including phenoxy) is 4. The van der Waals surface area contributed by atoms with Crippen molar-refractivity contribution in [2.45, 2.75) is 84.1 Å². The molecule has 2 aromatic carbocycles. The van der Waals surface area contributed by atoms with Crippen LogP contribution < -0.4 is 26.4 Å². The molecule has 3 rings (SSSR count). The molecule has 0 saturated carbocycles. The first kappa shape index (κ1) is 43.5. The largest absolute Gasteiger partial charge is 0.497 e. The van der Waals surface area contributed by atoms with Crippen molar-refractivity contribution in [2.75, 3.05) is 40.4 Å². The number of amides is 5. The Morgan fingerprint density at radius 3 is 2.11 bits per heavy atom. The van der Waals surface area contributed by atoms with Crippen molar-refractivity contribution >= 4 is 47.5 Å². The van der Waals surface area contributed by atoms with Crippen LogP contribution in [0, 0.1) is 0 Å². The lowest BCUT2D eigenvalue weighted by Crippen LogP contribution is -2.63. The molecule has 17 heteroatoms. The Kier molecular flexibility index (Phi) is 15.4. The molecule has 1 saturated heterocycles. The number of benzene rings is 2. The summed E-state index contributed by atoms with van der Waals surface area (Å²) in [6, 6.07) is 10.9. The molecule has 1 unspecified atom stereocenters. The van der Waals surface area contributed by atoms with Crippen LogP contribution >= 0.6 is 0 Å². The van der Waals surface area contributed by atoms with Crippen molar-refractivity contribution in [1.82, 2.24) is 25.8 Å². The normalized spacial score (nSPS) is 15.4. The van der Waals surface area contributed by atoms with E-state index in [-0.39, 0.29) is 50.5 Å². The first-order valence-electron chi connectivity index (χ1n) is 17.8. The average Bonchev–Trinajstić information content (AvgIpc) is 3.09. The van der Waals surface area contributed by atoms with Crippen molar-refractivity contribution in [2.24, 2.45) is 10.7 Å². The monoisotopic (exact) mass is 767 g/mol. The molecule has 17 nitrogen and oxygen atoms in total. The van der Waals surface area contributed by atoms with E-state index in [2.05, 4.69) is 25.7 Å². The van der Waals surface area contributed by atoms with Gasteiger partial charge in [0.2, 0.25) is 17.8 Å². The predicted molar refractivity (Wildman–Crippen MR) is 203 cm³/mol. The molecule has 55 heavy (non-hydrogen) atoms. The molecule has 5 amide bonds. The number of hydrogen-bond acceptors (Lipinski definition) is 11. The van der Waals surface area contributed by atoms with Gasteiger partial charge in [-0.1, -0.05) is 12.1 Å². The number of nitrogens with two attached hydrogens (primary N) is 1. The zero-order chi connectivity index (χ0) is 40.9. The molecule has 1 aliphatic heterocycles. The van der Waals surface area contributed by atoms with Crippen molar-refractivity contribution in [1.29, 1.82) is 0 Å². The summed E-state index contributed by atoms with van der Waals surface area (Å²) in [6.45, 7) is 10.4. The van der Waals surface area contributed by atoms with Crippen LogP contribution in [0.2, 0.25) is 0 Å². The molecule has 0 aliphatic carbocycles. The fourth-order valence-corrected chi connectivity index (χ4v) is 5.52. The summed E-state index contributed by atoms with van der Waals surface area (Å²) in [7, 11) is 2.71. The number of guanidine groups is 1. The Balaban J connectivity index is 1.88. The zero-order valence-corrected chi connectivity index (χ0v) is 32.7. The van der Waals surface area contributed by atoms with Crippen LogP contribution in [0.5, 0.6) is 5.75 Å². The zero-order valence-electron chi connectivity index (χ0n) is 32.7. The number of hydrogen-bond donors (Lipinski definition) is 4. The van der Waals surface area contributed by atoms with E-state index in [0.29, 0.717) is 23.4 Å². The van der Waals surface area contributed by atoms with E-state index >= 15 is 0 Å². The molecule has 300 valence electrons. The number of rotatable bonds is 13. The van der Waals surface area contributed by atoms with E-state index in [0.717, 1.165) is 0 Å². The van der Waals surface area contributed by atoms with Crippen LogP contribution in [0.3, 0.4) is 0 Å². The van der Waals surface area contributed by atoms with Crippen molar-refractivity contribution in [3.05, 3.63) is 59.7 Å². The number of carbonyl (C=O) groups is 6. The lowest BCUT2D eigenvalue weighted by atomic mass is 9.99. The SMILES string of the molecule is COC(=O)NC(N)=Nc1ccc(C(=O)NC(Cc2ccc(OC)cc2)C(=O)N2CCN(CC(=O)OC(C)(C)C)C(=O)[C@@H]2CCCNC(=O)OC(C)(C)C)cc1. The van der Waals surface area contributed by atoms with Crippen molar-refractivity contribution in [3.8, 4) is 5.75 Å². The van der Waals surface area contributed by atoms with Gasteiger partial charge in [0, 0.05) is 31.6 Å². The Morgan fingerprint density at radius 1 is 0.891 bits per heavy atom. The first-order chi connectivity index (χ1) is 25.8. The van der Waals surface area contributed by atoms with Crippen LogP contribution in [0.4, 0.5) is 15.3 Å². The number of methoxy groups -OCH3 is 2. The minimum Gasteiger partial charge on any atom is -0.497 e. The second-order valence-corrected chi connectivity index (χ2v) is 14.7. The highest BCUT2D eigenvalue weighted by atomic mass is 16.6. The van der Waals surface area contributed by atoms with E-state index in [4.69, 9.17) is 19.9 Å². The van der Waals surface area contributed by atoms with Crippen molar-refractivity contribution < 1.29 is 47.7 Å². The van der Waals surface area contributed by atoms with Gasteiger partial charge in [0.15, 0.2) is 0 Å². The Labute approximate surface area is 321 Å². The second-order valence-electron chi connectivity index (χ2n) is 14.7. The van der Waals surface area contributed by atoms with Gasteiger partial charge in [-0.2, -0.15) is 0 Å². The van der Waals surface area contributed by atoms with Gasteiger partial charge >= 0.3 is 18.2 Å². The van der Waals surface area contributed by atoms with Crippen LogP contribution in [-0.2, 0) is 35.0 Å². The number of nitrogens with zero attached hydrogens (tertiary/aromatic N) is 3. The first-order valence-corrected chi connectivity index (χ1v) is 17.8. The third-order valence-corrected chi connectivity index (χ3v) is 7.93. The number of piperazine rings is 1. The highest BCUT2D eigenvalue weighted by molar-refractivity contribution is 5.99. The molecule has 1 aliphatic rings. The molecule has 1 heterocycles. The lowest BCUT2D eigenvalue weighted by molar-refractivity contribution is -0.163. The van der Waals surface area contributed by atoms with Gasteiger partial charge in [0.05, 0.1) is 19.9 Å². The summed E-state index contributed by atoms with van der Waals surface area (Å²) in [4.78, 5) is 85.4. The third-order valence-electron chi connectivity index (χ3n) is 7.93. The molecule has 0 radical (unpaired) electrons. The van der Waals surface area contributed by atoms with Crippen LogP contribution in [-0.4, -0.2) is 115 Å². The molecular formula is C38H53N7O10. The van der Waals surface area contributed by atoms with Gasteiger partial charge in [0.25, 0.3) is 5.91 Å². The molecule has 0 bridgehead atoms. The maximum atomic E-state index is 14.5. The van der Waals surface area contributed by atoms with Gasteiger partial charge < -0.3 is 45.1 Å². The van der Waals surface area contributed by atoms with Crippen LogP contribution in [0.15, 0.2) is 53.5 Å². The fraction of sp³-hybridized carbons (Fsp3) is 0.500. The highest BCUT2D eigenvalue weighted by Crippen LogP contribution is 2.21. The van der Waals surface area contributed by atoms with E-state index in [9.17, 15) is 28.8 Å². The van der Waals surface area contributed by atoms with E-state index < -0.39 is 59.2 Å². The van der Waals surface area contributed by atoms with E-state index in [1.54, 1.807) is 65.8 Å². The maximum absolute atomic E-state index is 14.5.